The van der Waals surface area contributed by atoms with E-state index < -0.39 is 156 Å². The Morgan fingerprint density at radius 2 is 0.457 bits per heavy atom. The molecule has 0 spiro atoms. The minimum absolute atomic E-state index is 2.32. The zero-order chi connectivity index (χ0) is 34.6. The lowest BCUT2D eigenvalue weighted by atomic mass is 9.36. The second-order valence-corrected chi connectivity index (χ2v) is 9.43. The van der Waals surface area contributed by atoms with Crippen molar-refractivity contribution >= 4 is 28.7 Å². The minimum Gasteiger partial charge on any atom is -0.207 e. The molecule has 4 aromatic carbocycles. The van der Waals surface area contributed by atoms with Gasteiger partial charge in [0.05, 0.1) is 12.3 Å². The molecule has 242 valence electrons. The van der Waals surface area contributed by atoms with Crippen LogP contribution in [0.1, 0.15) is 16.7 Å². The van der Waals surface area contributed by atoms with E-state index in [2.05, 4.69) is 0 Å². The highest BCUT2D eigenvalue weighted by atomic mass is 19.2. The van der Waals surface area contributed by atoms with Gasteiger partial charge in [-0.3, -0.25) is 0 Å². The van der Waals surface area contributed by atoms with Gasteiger partial charge in [-0.05, 0) is 11.1 Å². The Morgan fingerprint density at radius 1 is 0.217 bits per heavy atom. The molecule has 0 radical (unpaired) electrons. The van der Waals surface area contributed by atoms with Gasteiger partial charge in [0.1, 0.15) is 17.5 Å². The zero-order valence-corrected chi connectivity index (χ0v) is 20.9. The van der Waals surface area contributed by atoms with E-state index in [1.807, 2.05) is 0 Å². The van der Waals surface area contributed by atoms with Crippen molar-refractivity contribution in [3.8, 4) is 0 Å². The Bertz CT molecular complexity index is 2010. The number of hydrogen-bond acceptors (Lipinski definition) is 0. The molecule has 0 aromatic heterocycles. The Labute approximate surface area is 240 Å². The number of halogens is 19. The topological polar surface area (TPSA) is 0 Å². The van der Waals surface area contributed by atoms with Crippen molar-refractivity contribution in [2.24, 2.45) is 0 Å². The number of fused-ring (bicyclic) bond motifs is 1. The predicted molar refractivity (Wildman–Crippen MR) is 117 cm³/mol. The molecule has 0 amide bonds. The molecule has 1 heterocycles. The van der Waals surface area contributed by atoms with Gasteiger partial charge < -0.3 is 0 Å². The number of hydrogen-bond donors (Lipinski definition) is 0. The first-order valence-electron chi connectivity index (χ1n) is 11.7. The van der Waals surface area contributed by atoms with Crippen LogP contribution in [0.5, 0.6) is 0 Å². The summed E-state index contributed by atoms with van der Waals surface area (Å²) in [5.74, 6) is -58.6. The standard InChI is InChI=1S/C26HBF19/c28-8-2-1(3-9(29)17(37)24(44)18(38)10(3)30)5(4-11(31)19(39)25(45)20(40)12(4)32)27(6(2)13(33)21(41)16(8)36)7-14(34)22(42)26(46)23(43)15(7)35/h27H/q-1/t27-/m0/s1. The minimum atomic E-state index is -5.16. The first kappa shape index (κ1) is 32.7. The summed E-state index contributed by atoms with van der Waals surface area (Å²) in [5.41, 5.74) is -17.8. The second kappa shape index (κ2) is 10.7. The highest BCUT2D eigenvalue weighted by Crippen LogP contribution is 2.46. The van der Waals surface area contributed by atoms with E-state index >= 15 is 35.1 Å². The smallest absolute Gasteiger partial charge is 0.200 e. The van der Waals surface area contributed by atoms with Crippen molar-refractivity contribution in [3.63, 3.8) is 0 Å². The van der Waals surface area contributed by atoms with Crippen LogP contribution in [-0.4, -0.2) is 6.71 Å². The monoisotopic (exact) mass is 685 g/mol. The van der Waals surface area contributed by atoms with E-state index in [0.717, 1.165) is 0 Å². The molecule has 0 saturated carbocycles. The van der Waals surface area contributed by atoms with Crippen LogP contribution in [-0.2, 0) is 0 Å². The Hall–Kier alpha value is -4.65. The quantitative estimate of drug-likeness (QED) is 0.0929. The summed E-state index contributed by atoms with van der Waals surface area (Å²) in [5, 5.41) is 0. The first-order chi connectivity index (χ1) is 21.3. The molecule has 5 rings (SSSR count). The van der Waals surface area contributed by atoms with Crippen LogP contribution in [0.3, 0.4) is 0 Å². The van der Waals surface area contributed by atoms with E-state index in [0.29, 0.717) is 0 Å². The lowest BCUT2D eigenvalue weighted by Gasteiger charge is -2.28. The third-order valence-electron chi connectivity index (χ3n) is 7.25. The molecule has 4 aromatic rings. The third kappa shape index (κ3) is 4.06. The van der Waals surface area contributed by atoms with Crippen molar-refractivity contribution in [1.82, 2.24) is 0 Å². The molecule has 0 N–H and O–H groups in total. The maximum absolute atomic E-state index is 15.4. The van der Waals surface area contributed by atoms with E-state index in [1.54, 1.807) is 0 Å². The highest BCUT2D eigenvalue weighted by Gasteiger charge is 2.44. The normalized spacial score (nSPS) is 14.5. The van der Waals surface area contributed by atoms with Gasteiger partial charge in [-0.1, -0.05) is 0 Å². The van der Waals surface area contributed by atoms with Gasteiger partial charge in [-0.25, -0.2) is 83.4 Å². The second-order valence-electron chi connectivity index (χ2n) is 9.43. The maximum Gasteiger partial charge on any atom is 0.200 e. The SMILES string of the molecule is Fc1c(F)c(F)c([B@H-]2C(c3c(F)c(F)c(F)c(F)c3F)=C(c3c(F)c(F)c(F)c(F)c3F)c3c(F)c(F)c(F)c(F)c32)c(F)c1F. The molecular formula is C26HBF19-. The van der Waals surface area contributed by atoms with E-state index in [1.165, 1.54) is 0 Å². The molecule has 0 aliphatic carbocycles. The molecule has 0 unspecified atom stereocenters. The van der Waals surface area contributed by atoms with Crippen LogP contribution in [0.25, 0.3) is 11.0 Å². The number of benzene rings is 4. The van der Waals surface area contributed by atoms with Crippen molar-refractivity contribution < 1.29 is 83.4 Å². The summed E-state index contributed by atoms with van der Waals surface area (Å²) in [7, 11) is 0. The van der Waals surface area contributed by atoms with Gasteiger partial charge in [0.15, 0.2) is 81.4 Å². The van der Waals surface area contributed by atoms with Crippen LogP contribution in [0.4, 0.5) is 83.4 Å². The fraction of sp³-hybridized carbons (Fsp3) is 0. The summed E-state index contributed by atoms with van der Waals surface area (Å²) in [4.78, 5) is 0. The summed E-state index contributed by atoms with van der Waals surface area (Å²) in [6.07, 6.45) is 0. The zero-order valence-electron chi connectivity index (χ0n) is 20.9. The molecule has 1 atom stereocenters. The average Bonchev–Trinajstić information content (AvgIpc) is 3.35. The van der Waals surface area contributed by atoms with Gasteiger partial charge in [-0.2, -0.15) is 10.9 Å². The van der Waals surface area contributed by atoms with Gasteiger partial charge in [0.2, 0.25) is 11.6 Å². The molecule has 0 fully saturated rings. The van der Waals surface area contributed by atoms with Gasteiger partial charge in [0, 0.05) is 5.56 Å². The molecule has 1 aliphatic rings. The van der Waals surface area contributed by atoms with Crippen LogP contribution in [0, 0.1) is 111 Å². The highest BCUT2D eigenvalue weighted by molar-refractivity contribution is 7.03. The van der Waals surface area contributed by atoms with Crippen LogP contribution in [0.2, 0.25) is 0 Å². The van der Waals surface area contributed by atoms with E-state index in [4.69, 9.17) is 0 Å². The molecular weight excluding hydrogens is 684 g/mol. The van der Waals surface area contributed by atoms with E-state index in [-0.39, 0.29) is 0 Å². The maximum atomic E-state index is 15.4. The number of rotatable bonds is 3. The Morgan fingerprint density at radius 3 is 0.804 bits per heavy atom. The molecule has 0 nitrogen and oxygen atoms in total. The summed E-state index contributed by atoms with van der Waals surface area (Å²) < 4.78 is 278. The first-order valence-corrected chi connectivity index (χ1v) is 11.7. The van der Waals surface area contributed by atoms with Gasteiger partial charge >= 0.3 is 0 Å². The summed E-state index contributed by atoms with van der Waals surface area (Å²) in [6.45, 7) is -5.16. The molecule has 46 heavy (non-hydrogen) atoms. The van der Waals surface area contributed by atoms with Crippen molar-refractivity contribution in [2.75, 3.05) is 0 Å². The lowest BCUT2D eigenvalue weighted by molar-refractivity contribution is 0.375. The Kier molecular flexibility index (Phi) is 7.63. The predicted octanol–water partition coefficient (Wildman–Crippen LogP) is 7.18. The van der Waals surface area contributed by atoms with Crippen LogP contribution in [0.15, 0.2) is 0 Å². The molecule has 20 heteroatoms. The fourth-order valence-electron chi connectivity index (χ4n) is 5.36. The van der Waals surface area contributed by atoms with Gasteiger partial charge in [0.25, 0.3) is 0 Å². The average molecular weight is 685 g/mol. The van der Waals surface area contributed by atoms with Crippen LogP contribution < -0.4 is 10.9 Å². The molecule has 0 saturated heterocycles. The lowest BCUT2D eigenvalue weighted by Crippen LogP contribution is -2.49. The summed E-state index contributed by atoms with van der Waals surface area (Å²) in [6, 6.07) is 0. The van der Waals surface area contributed by atoms with Crippen molar-refractivity contribution in [1.29, 1.82) is 0 Å². The molecule has 1 aliphatic heterocycles. The van der Waals surface area contributed by atoms with Gasteiger partial charge in [-0.15, -0.1) is 5.46 Å². The van der Waals surface area contributed by atoms with E-state index in [9.17, 15) is 48.3 Å². The fourth-order valence-corrected chi connectivity index (χ4v) is 5.36. The summed E-state index contributed by atoms with van der Waals surface area (Å²) >= 11 is 0. The van der Waals surface area contributed by atoms with Crippen molar-refractivity contribution in [3.05, 3.63) is 127 Å². The van der Waals surface area contributed by atoms with Crippen molar-refractivity contribution in [2.45, 2.75) is 0 Å². The Balaban J connectivity index is 2.22. The largest absolute Gasteiger partial charge is 0.207 e. The molecule has 0 bridgehead atoms. The third-order valence-corrected chi connectivity index (χ3v) is 7.25. The van der Waals surface area contributed by atoms with Crippen LogP contribution >= 0.6 is 0 Å².